The third-order valence-corrected chi connectivity index (χ3v) is 3.47. The maximum Gasteiger partial charge on any atom is 0.305 e. The van der Waals surface area contributed by atoms with Gasteiger partial charge in [-0.05, 0) is 12.3 Å². The Morgan fingerprint density at radius 1 is 1.33 bits per heavy atom. The molecule has 5 atom stereocenters. The number of aliphatic carboxylic acids is 1. The summed E-state index contributed by atoms with van der Waals surface area (Å²) in [6.45, 7) is 2.35. The summed E-state index contributed by atoms with van der Waals surface area (Å²) in [7, 11) is 1.49. The third kappa shape index (κ3) is 3.91. The topological polar surface area (TPSA) is 96.2 Å². The fourth-order valence-corrected chi connectivity index (χ4v) is 2.45. The zero-order chi connectivity index (χ0) is 13.7. The standard InChI is InChI=1S/C12H22O6/c1-7-5-8(6-18-4-3-9(13)14)12(17-2)11(16)10(7)15/h7-8,10-12,15-16H,3-6H2,1-2H3,(H,13,14)/t7-,8?,10?,11-,12+/m0/s1. The number of carboxylic acid groups (broad SMARTS) is 1. The molecule has 0 aromatic rings. The summed E-state index contributed by atoms with van der Waals surface area (Å²) in [5, 5.41) is 28.1. The lowest BCUT2D eigenvalue weighted by molar-refractivity contribution is -0.155. The van der Waals surface area contributed by atoms with E-state index >= 15 is 0 Å². The fraction of sp³-hybridized carbons (Fsp3) is 0.917. The van der Waals surface area contributed by atoms with Crippen molar-refractivity contribution in [3.05, 3.63) is 0 Å². The van der Waals surface area contributed by atoms with Crippen molar-refractivity contribution in [2.24, 2.45) is 11.8 Å². The summed E-state index contributed by atoms with van der Waals surface area (Å²) in [6.07, 6.45) is -1.53. The Kier molecular flexibility index (Phi) is 6.01. The molecule has 1 rings (SSSR count). The van der Waals surface area contributed by atoms with Crippen LogP contribution in [0.1, 0.15) is 19.8 Å². The van der Waals surface area contributed by atoms with E-state index in [-0.39, 0.29) is 24.9 Å². The molecule has 0 saturated heterocycles. The first-order valence-corrected chi connectivity index (χ1v) is 6.15. The highest BCUT2D eigenvalue weighted by Gasteiger charge is 2.41. The minimum absolute atomic E-state index is 0.0283. The normalized spacial score (nSPS) is 36.6. The van der Waals surface area contributed by atoms with Crippen molar-refractivity contribution in [1.29, 1.82) is 0 Å². The Balaban J connectivity index is 2.44. The van der Waals surface area contributed by atoms with Crippen molar-refractivity contribution >= 4 is 5.97 Å². The molecular weight excluding hydrogens is 240 g/mol. The number of methoxy groups -OCH3 is 1. The monoisotopic (exact) mass is 262 g/mol. The van der Waals surface area contributed by atoms with Crippen LogP contribution in [-0.2, 0) is 14.3 Å². The fourth-order valence-electron chi connectivity index (χ4n) is 2.45. The predicted octanol–water partition coefficient (Wildman–Crippen LogP) is -0.130. The number of carboxylic acids is 1. The molecule has 2 unspecified atom stereocenters. The van der Waals surface area contributed by atoms with Crippen LogP contribution in [0.25, 0.3) is 0 Å². The van der Waals surface area contributed by atoms with Gasteiger partial charge in [-0.1, -0.05) is 6.92 Å². The van der Waals surface area contributed by atoms with E-state index in [0.717, 1.165) is 0 Å². The maximum absolute atomic E-state index is 10.3. The van der Waals surface area contributed by atoms with Gasteiger partial charge in [-0.25, -0.2) is 0 Å². The van der Waals surface area contributed by atoms with Crippen LogP contribution in [0.4, 0.5) is 0 Å². The second kappa shape index (κ2) is 7.04. The van der Waals surface area contributed by atoms with Gasteiger partial charge >= 0.3 is 5.97 Å². The van der Waals surface area contributed by atoms with Gasteiger partial charge in [-0.3, -0.25) is 4.79 Å². The van der Waals surface area contributed by atoms with Gasteiger partial charge in [-0.2, -0.15) is 0 Å². The maximum atomic E-state index is 10.3. The van der Waals surface area contributed by atoms with Gasteiger partial charge < -0.3 is 24.8 Å². The van der Waals surface area contributed by atoms with E-state index in [1.807, 2.05) is 6.92 Å². The molecule has 0 spiro atoms. The minimum Gasteiger partial charge on any atom is -0.481 e. The molecule has 0 aromatic heterocycles. The largest absolute Gasteiger partial charge is 0.481 e. The Morgan fingerprint density at radius 3 is 2.56 bits per heavy atom. The Morgan fingerprint density at radius 2 is 2.00 bits per heavy atom. The van der Waals surface area contributed by atoms with Gasteiger partial charge in [-0.15, -0.1) is 0 Å². The van der Waals surface area contributed by atoms with E-state index < -0.39 is 24.3 Å². The molecule has 0 bridgehead atoms. The van der Waals surface area contributed by atoms with Gasteiger partial charge in [0.1, 0.15) is 6.10 Å². The van der Waals surface area contributed by atoms with Gasteiger partial charge in [0.2, 0.25) is 0 Å². The summed E-state index contributed by atoms with van der Waals surface area (Å²) < 4.78 is 10.5. The highest BCUT2D eigenvalue weighted by atomic mass is 16.5. The molecule has 1 aliphatic carbocycles. The lowest BCUT2D eigenvalue weighted by Gasteiger charge is -2.40. The van der Waals surface area contributed by atoms with Crippen molar-refractivity contribution in [3.8, 4) is 0 Å². The van der Waals surface area contributed by atoms with Crippen LogP contribution in [0, 0.1) is 11.8 Å². The van der Waals surface area contributed by atoms with Gasteiger partial charge in [0.25, 0.3) is 0 Å². The van der Waals surface area contributed by atoms with Crippen molar-refractivity contribution < 1.29 is 29.6 Å². The quantitative estimate of drug-likeness (QED) is 0.577. The van der Waals surface area contributed by atoms with Crippen LogP contribution in [0.3, 0.4) is 0 Å². The van der Waals surface area contributed by atoms with Crippen molar-refractivity contribution in [1.82, 2.24) is 0 Å². The van der Waals surface area contributed by atoms with Gasteiger partial charge in [0, 0.05) is 13.0 Å². The molecule has 1 aliphatic rings. The number of aliphatic hydroxyl groups is 2. The van der Waals surface area contributed by atoms with Crippen LogP contribution in [0.2, 0.25) is 0 Å². The number of carbonyl (C=O) groups is 1. The molecule has 18 heavy (non-hydrogen) atoms. The van der Waals surface area contributed by atoms with Gasteiger partial charge in [0.15, 0.2) is 0 Å². The SMILES string of the molecule is CO[C@@H]1C(COCCC(=O)O)C[C@H](C)C(O)[C@@H]1O. The first-order chi connectivity index (χ1) is 8.47. The molecule has 0 aromatic carbocycles. The van der Waals surface area contributed by atoms with E-state index in [2.05, 4.69) is 0 Å². The Labute approximate surface area is 107 Å². The molecule has 3 N–H and O–H groups in total. The number of hydrogen-bond donors (Lipinski definition) is 3. The van der Waals surface area contributed by atoms with Crippen molar-refractivity contribution in [3.63, 3.8) is 0 Å². The van der Waals surface area contributed by atoms with E-state index in [1.54, 1.807) is 0 Å². The second-order valence-corrected chi connectivity index (χ2v) is 4.87. The molecule has 0 amide bonds. The molecule has 106 valence electrons. The average Bonchev–Trinajstić information content (AvgIpc) is 2.32. The molecule has 6 heteroatoms. The lowest BCUT2D eigenvalue weighted by atomic mass is 9.77. The molecule has 6 nitrogen and oxygen atoms in total. The predicted molar refractivity (Wildman–Crippen MR) is 63.2 cm³/mol. The summed E-state index contributed by atoms with van der Waals surface area (Å²) in [5.74, 6) is -0.956. The highest BCUT2D eigenvalue weighted by Crippen LogP contribution is 2.31. The van der Waals surface area contributed by atoms with Crippen LogP contribution in [-0.4, -0.2) is 59.9 Å². The summed E-state index contributed by atoms with van der Waals surface area (Å²) in [5.41, 5.74) is 0. The zero-order valence-electron chi connectivity index (χ0n) is 10.8. The molecule has 1 saturated carbocycles. The average molecular weight is 262 g/mol. The van der Waals surface area contributed by atoms with E-state index in [0.29, 0.717) is 13.0 Å². The lowest BCUT2D eigenvalue weighted by Crippen LogP contribution is -2.52. The van der Waals surface area contributed by atoms with Gasteiger partial charge in [0.05, 0.1) is 31.8 Å². The van der Waals surface area contributed by atoms with Crippen LogP contribution < -0.4 is 0 Å². The molecule has 0 radical (unpaired) electrons. The second-order valence-electron chi connectivity index (χ2n) is 4.87. The van der Waals surface area contributed by atoms with Crippen LogP contribution >= 0.6 is 0 Å². The number of aliphatic hydroxyl groups excluding tert-OH is 2. The van der Waals surface area contributed by atoms with Crippen molar-refractivity contribution in [2.75, 3.05) is 20.3 Å². The van der Waals surface area contributed by atoms with E-state index in [4.69, 9.17) is 14.6 Å². The highest BCUT2D eigenvalue weighted by molar-refractivity contribution is 5.66. The van der Waals surface area contributed by atoms with E-state index in [9.17, 15) is 15.0 Å². The van der Waals surface area contributed by atoms with Crippen molar-refractivity contribution in [2.45, 2.75) is 38.1 Å². The summed E-state index contributed by atoms with van der Waals surface area (Å²) >= 11 is 0. The summed E-state index contributed by atoms with van der Waals surface area (Å²) in [4.78, 5) is 10.3. The number of ether oxygens (including phenoxy) is 2. The van der Waals surface area contributed by atoms with E-state index in [1.165, 1.54) is 7.11 Å². The van der Waals surface area contributed by atoms with Crippen LogP contribution in [0.15, 0.2) is 0 Å². The molecule has 0 heterocycles. The molecule has 1 fully saturated rings. The molecule has 0 aliphatic heterocycles. The Bertz CT molecular complexity index is 269. The number of hydrogen-bond acceptors (Lipinski definition) is 5. The first kappa shape index (κ1) is 15.4. The third-order valence-electron chi connectivity index (χ3n) is 3.47. The minimum atomic E-state index is -0.924. The summed E-state index contributed by atoms with van der Waals surface area (Å²) in [6, 6.07) is 0. The zero-order valence-corrected chi connectivity index (χ0v) is 10.8. The smallest absolute Gasteiger partial charge is 0.305 e. The Hall–Kier alpha value is -0.690. The first-order valence-electron chi connectivity index (χ1n) is 6.15. The number of rotatable bonds is 6. The molecular formula is C12H22O6. The van der Waals surface area contributed by atoms with Crippen LogP contribution in [0.5, 0.6) is 0 Å².